The van der Waals surface area contributed by atoms with Gasteiger partial charge in [0, 0.05) is 27.0 Å². The van der Waals surface area contributed by atoms with Crippen LogP contribution in [0.15, 0.2) is 497 Å². The first kappa shape index (κ1) is 108. The van der Waals surface area contributed by atoms with E-state index in [1.807, 2.05) is 140 Å². The molecule has 0 aliphatic heterocycles. The molecule has 27 nitrogen and oxygen atoms in total. The monoisotopic (exact) mass is 2100 g/mol. The Balaban J connectivity index is 0.000000158. The van der Waals surface area contributed by atoms with E-state index in [9.17, 15) is 43.3 Å². The van der Waals surface area contributed by atoms with Crippen LogP contribution in [0.2, 0.25) is 0 Å². The summed E-state index contributed by atoms with van der Waals surface area (Å²) in [5, 5.41) is 55.5. The average molecular weight is 2100 g/mol. The highest BCUT2D eigenvalue weighted by Gasteiger charge is 2.36. The molecule has 0 heterocycles. The Labute approximate surface area is 854 Å². The van der Waals surface area contributed by atoms with Crippen LogP contribution in [0.5, 0.6) is 126 Å². The number of ether oxygens (including phenoxy) is 4. The molecule has 0 aliphatic rings. The summed E-state index contributed by atoms with van der Waals surface area (Å²) in [6.45, 7) is 1.97. The largest absolute Gasteiger partial charge is 0.805 e. The van der Waals surface area contributed by atoms with Gasteiger partial charge in [-0.1, -0.05) is 231 Å². The standard InChI is InChI=1S/C32H27O6P.2C18H15O6P.2C13H12O2.C12H10O3P.C6H5Cl2O2P/c33-39(36-30-14-8-3-9-15-30,37-31-20-16-28(17-21-31)34-24-26-10-4-1-5-11-26)38-32-22-18-29(19-23-32)35-25-27-12-6-2-7-13-27;2*19-14-6-10-17(11-7-14)23-25(21,22-16-4-2-1-3-5-16)24-18-12-8-15(20)9-13-18;2*14-12-6-8-13(9-7-12)15-10-11-4-2-1-3-5-11;13-16(14-11-7-3-1-4-8-11)15-12-9-5-2-6-10-12;7-11(8,9)10-6-4-2-1-3-5-6/h1-23H,24-25H2;2*1-13,19-20H;2*1-9,14H,10H2;1-10H;1-5H/q;;;;;+1;. The van der Waals surface area contributed by atoms with Gasteiger partial charge in [-0.3, -0.25) is 0 Å². The third-order valence-electron chi connectivity index (χ3n) is 18.6. The number of phosphoric ester groups is 3. The maximum Gasteiger partial charge on any atom is 0.805 e. The Bertz CT molecular complexity index is 6560. The Kier molecular flexibility index (Phi) is 42.4. The van der Waals surface area contributed by atoms with Gasteiger partial charge in [-0.25, -0.2) is 13.6 Å². The third-order valence-corrected chi connectivity index (χ3v) is 24.1. The summed E-state index contributed by atoms with van der Waals surface area (Å²) in [5.41, 5.74) is 4.38. The van der Waals surface area contributed by atoms with Crippen molar-refractivity contribution < 1.29 is 127 Å². The van der Waals surface area contributed by atoms with E-state index < -0.39 is 37.8 Å². The molecular formula is C112H96Cl2O27P5+. The molecule has 0 fully saturated rings. The Morgan fingerprint density at radius 1 is 0.171 bits per heavy atom. The van der Waals surface area contributed by atoms with Crippen LogP contribution in [-0.4, -0.2) is 30.6 Å². The van der Waals surface area contributed by atoms with E-state index in [1.54, 1.807) is 261 Å². The number of phosphoric acid groups is 3. The normalized spacial score (nSPS) is 10.5. The van der Waals surface area contributed by atoms with E-state index in [-0.39, 0.29) is 57.5 Å². The molecular weight excluding hydrogens is 2000 g/mol. The molecule has 18 aromatic rings. The van der Waals surface area contributed by atoms with Gasteiger partial charge in [0.05, 0.1) is 0 Å². The van der Waals surface area contributed by atoms with Gasteiger partial charge < -0.3 is 94.8 Å². The van der Waals surface area contributed by atoms with Crippen LogP contribution >= 0.6 is 60.3 Å². The Morgan fingerprint density at radius 3 is 0.473 bits per heavy atom. The Morgan fingerprint density at radius 2 is 0.301 bits per heavy atom. The van der Waals surface area contributed by atoms with Gasteiger partial charge >= 0.3 is 37.8 Å². The molecule has 0 aromatic heterocycles. The van der Waals surface area contributed by atoms with Crippen molar-refractivity contribution >= 4 is 60.3 Å². The third kappa shape index (κ3) is 41.4. The fraction of sp³-hybridized carbons (Fsp3) is 0.0357. The molecule has 0 saturated carbocycles. The summed E-state index contributed by atoms with van der Waals surface area (Å²) in [6, 6.07) is 141. The second kappa shape index (κ2) is 57.3. The number of hydrogen-bond donors (Lipinski definition) is 6. The molecule has 0 amide bonds. The molecule has 34 heteroatoms. The van der Waals surface area contributed by atoms with Gasteiger partial charge in [-0.15, -0.1) is 0 Å². The number of phenols is 6. The van der Waals surface area contributed by atoms with Crippen molar-refractivity contribution in [1.29, 1.82) is 0 Å². The van der Waals surface area contributed by atoms with E-state index in [0.29, 0.717) is 83.9 Å². The molecule has 0 spiro atoms. The second-order valence-corrected chi connectivity index (χ2v) is 39.3. The van der Waals surface area contributed by atoms with E-state index in [2.05, 4.69) is 4.52 Å². The number of phenolic OH excluding ortho intramolecular Hbond substituents is 6. The maximum absolute atomic E-state index is 13.8. The first-order valence-electron chi connectivity index (χ1n) is 44.3. The highest BCUT2D eigenvalue weighted by atomic mass is 35.9. The lowest BCUT2D eigenvalue weighted by molar-refractivity contribution is 0.293. The van der Waals surface area contributed by atoms with Crippen LogP contribution in [0.25, 0.3) is 0 Å². The van der Waals surface area contributed by atoms with Gasteiger partial charge in [0.15, 0.2) is 11.5 Å². The van der Waals surface area contributed by atoms with Crippen LogP contribution in [0.1, 0.15) is 22.3 Å². The molecule has 18 aromatic carbocycles. The molecule has 18 rings (SSSR count). The summed E-state index contributed by atoms with van der Waals surface area (Å²) in [7, 11) is -14.5. The van der Waals surface area contributed by atoms with Crippen molar-refractivity contribution in [2.24, 2.45) is 0 Å². The smallest absolute Gasteiger partial charge is 0.508 e. The lowest BCUT2D eigenvalue weighted by atomic mass is 10.2. The molecule has 0 aliphatic carbocycles. The zero-order chi connectivity index (χ0) is 103. The number of benzene rings is 18. The second-order valence-electron chi connectivity index (χ2n) is 30.0. The number of rotatable bonds is 36. The maximum atomic E-state index is 13.8. The van der Waals surface area contributed by atoms with Crippen molar-refractivity contribution in [2.75, 3.05) is 0 Å². The topological polar surface area (TPSA) is 354 Å². The highest BCUT2D eigenvalue weighted by Crippen LogP contribution is 2.57. The minimum atomic E-state index is -4.12. The molecule has 0 unspecified atom stereocenters. The summed E-state index contributed by atoms with van der Waals surface area (Å²) < 4.78 is 150. The molecule has 0 bridgehead atoms. The molecule has 146 heavy (non-hydrogen) atoms. The quantitative estimate of drug-likeness (QED) is 0.0199. The lowest BCUT2D eigenvalue weighted by Crippen LogP contribution is -2.07. The van der Waals surface area contributed by atoms with Crippen LogP contribution in [0.4, 0.5) is 0 Å². The van der Waals surface area contributed by atoms with Crippen molar-refractivity contribution in [3.8, 4) is 126 Å². The van der Waals surface area contributed by atoms with E-state index in [4.69, 9.17) is 101 Å². The van der Waals surface area contributed by atoms with Crippen molar-refractivity contribution in [3.63, 3.8) is 0 Å². The first-order chi connectivity index (χ1) is 70.8. The highest BCUT2D eigenvalue weighted by molar-refractivity contribution is 8.05. The number of hydrogen-bond acceptors (Lipinski definition) is 27. The predicted molar refractivity (Wildman–Crippen MR) is 561 cm³/mol. The van der Waals surface area contributed by atoms with Crippen LogP contribution in [-0.2, 0) is 49.3 Å². The average Bonchev–Trinajstić information content (AvgIpc) is 0.831. The summed E-state index contributed by atoms with van der Waals surface area (Å²) in [6.07, 6.45) is -3.44. The van der Waals surface area contributed by atoms with Gasteiger partial charge in [0.1, 0.15) is 141 Å². The zero-order valence-electron chi connectivity index (χ0n) is 77.4. The fourth-order valence-corrected chi connectivity index (χ4v) is 17.0. The minimum absolute atomic E-state index is 0.0469. The molecule has 0 radical (unpaired) electrons. The Hall–Kier alpha value is -16.8. The summed E-state index contributed by atoms with van der Waals surface area (Å²) in [4.78, 5) is 0. The van der Waals surface area contributed by atoms with Gasteiger partial charge in [0.2, 0.25) is 0 Å². The van der Waals surface area contributed by atoms with Gasteiger partial charge in [-0.2, -0.15) is 13.7 Å². The van der Waals surface area contributed by atoms with Gasteiger partial charge in [0.25, 0.3) is 0 Å². The predicted octanol–water partition coefficient (Wildman–Crippen LogP) is 31.4. The van der Waals surface area contributed by atoms with Gasteiger partial charge in [-0.05, 0) is 289 Å². The van der Waals surface area contributed by atoms with E-state index in [1.165, 1.54) is 97.1 Å². The molecule has 744 valence electrons. The number of aromatic hydroxyl groups is 6. The van der Waals surface area contributed by atoms with Crippen LogP contribution in [0, 0.1) is 0 Å². The molecule has 6 N–H and O–H groups in total. The summed E-state index contributed by atoms with van der Waals surface area (Å²) in [5.74, 6) is 7.38. The number of halogens is 2. The fourth-order valence-electron chi connectivity index (χ4n) is 11.8. The minimum Gasteiger partial charge on any atom is -0.508 e. The SMILES string of the molecule is O=P(Cl)(Cl)Oc1ccccc1.O=P(Oc1ccccc1)(Oc1ccc(O)cc1)Oc1ccc(O)cc1.O=P(Oc1ccccc1)(Oc1ccc(O)cc1)Oc1ccc(O)cc1.O=P(Oc1ccccc1)(Oc1ccc(OCc2ccccc2)cc1)Oc1ccc(OCc2ccccc2)cc1.O=[P+](Oc1ccccc1)Oc1ccccc1.Oc1ccc(OCc2ccccc2)cc1.Oc1ccc(OCc2ccccc2)cc1. The van der Waals surface area contributed by atoms with Crippen molar-refractivity contribution in [2.45, 2.75) is 26.4 Å². The van der Waals surface area contributed by atoms with E-state index >= 15 is 0 Å². The van der Waals surface area contributed by atoms with Crippen molar-refractivity contribution in [1.82, 2.24) is 0 Å². The van der Waals surface area contributed by atoms with Crippen LogP contribution < -0.4 is 73.2 Å². The number of para-hydroxylation sites is 6. The van der Waals surface area contributed by atoms with Crippen molar-refractivity contribution in [3.05, 3.63) is 520 Å². The van der Waals surface area contributed by atoms with Crippen LogP contribution in [0.3, 0.4) is 0 Å². The molecule has 0 atom stereocenters. The molecule has 0 saturated heterocycles. The zero-order valence-corrected chi connectivity index (χ0v) is 83.4. The lowest BCUT2D eigenvalue weighted by Gasteiger charge is -2.19. The summed E-state index contributed by atoms with van der Waals surface area (Å²) >= 11 is 10.3. The van der Waals surface area contributed by atoms with E-state index in [0.717, 1.165) is 33.8 Å². The first-order valence-corrected chi connectivity index (χ1v) is 53.2.